The Morgan fingerprint density at radius 1 is 0.792 bits per heavy atom. The molecule has 0 heterocycles. The van der Waals surface area contributed by atoms with Crippen molar-refractivity contribution in [1.82, 2.24) is 0 Å². The first-order valence-corrected chi connectivity index (χ1v) is 15.5. The van der Waals surface area contributed by atoms with Crippen molar-refractivity contribution in [2.75, 3.05) is 0 Å². The molecule has 0 saturated heterocycles. The Labute approximate surface area is 154 Å². The largest absolute Gasteiger partial charge is 0.230 e. The molecule has 0 amide bonds. The molecule has 0 aromatic rings. The predicted octanol–water partition coefficient (Wildman–Crippen LogP) is 6.66. The molecular formula is C20H42O2Si2. The third-order valence-electron chi connectivity index (χ3n) is 5.81. The summed E-state index contributed by atoms with van der Waals surface area (Å²) in [7, 11) is -2.74. The Hall–Kier alpha value is -0.0862. The summed E-state index contributed by atoms with van der Waals surface area (Å²) in [6.07, 6.45) is -0.0627. The Bertz CT molecular complexity index is 380. The molecule has 0 rings (SSSR count). The van der Waals surface area contributed by atoms with Gasteiger partial charge in [0.25, 0.3) is 0 Å². The van der Waals surface area contributed by atoms with Crippen LogP contribution in [0.2, 0.25) is 42.3 Å². The molecule has 0 spiro atoms. The maximum atomic E-state index is 5.88. The first-order chi connectivity index (χ1) is 11.1. The van der Waals surface area contributed by atoms with E-state index in [-0.39, 0.29) is 11.7 Å². The van der Waals surface area contributed by atoms with Gasteiger partial charge in [0.05, 0.1) is 13.7 Å². The van der Waals surface area contributed by atoms with E-state index in [2.05, 4.69) is 53.0 Å². The highest BCUT2D eigenvalue weighted by molar-refractivity contribution is 6.87. The molecule has 0 N–H and O–H groups in total. The van der Waals surface area contributed by atoms with Gasteiger partial charge in [-0.1, -0.05) is 65.6 Å². The summed E-state index contributed by atoms with van der Waals surface area (Å²) in [5.41, 5.74) is 3.43. The van der Waals surface area contributed by atoms with Crippen LogP contribution in [0, 0.1) is 11.5 Å². The molecule has 1 atom stereocenters. The third kappa shape index (κ3) is 7.86. The van der Waals surface area contributed by atoms with Gasteiger partial charge in [0.1, 0.15) is 8.07 Å². The average molecular weight is 371 g/mol. The number of hydrogen-bond donors (Lipinski definition) is 0. The van der Waals surface area contributed by atoms with Crippen LogP contribution in [0.15, 0.2) is 0 Å². The van der Waals surface area contributed by atoms with Crippen LogP contribution in [-0.4, -0.2) is 27.9 Å². The van der Waals surface area contributed by atoms with Gasteiger partial charge in [-0.15, -0.1) is 5.54 Å². The van der Waals surface area contributed by atoms with E-state index in [0.717, 1.165) is 6.04 Å². The molecule has 0 aromatic heterocycles. The molecule has 2 nitrogen and oxygen atoms in total. The van der Waals surface area contributed by atoms with Gasteiger partial charge < -0.3 is 0 Å². The van der Waals surface area contributed by atoms with Gasteiger partial charge in [-0.05, 0) is 44.9 Å². The molecule has 0 aliphatic rings. The van der Waals surface area contributed by atoms with E-state index < -0.39 is 16.1 Å². The molecule has 142 valence electrons. The highest BCUT2D eigenvalue weighted by Crippen LogP contribution is 2.28. The highest BCUT2D eigenvalue weighted by atomic mass is 28.3. The Kier molecular flexibility index (Phi) is 10.8. The van der Waals surface area contributed by atoms with Crippen molar-refractivity contribution in [3.8, 4) is 11.5 Å². The summed E-state index contributed by atoms with van der Waals surface area (Å²) in [6, 6.07) is 8.70. The zero-order valence-electron chi connectivity index (χ0n) is 17.8. The lowest BCUT2D eigenvalue weighted by Gasteiger charge is -2.31. The van der Waals surface area contributed by atoms with Crippen molar-refractivity contribution in [3.05, 3.63) is 0 Å². The van der Waals surface area contributed by atoms with Crippen molar-refractivity contribution in [2.45, 2.75) is 116 Å². The molecule has 0 aromatic carbocycles. The van der Waals surface area contributed by atoms with Crippen molar-refractivity contribution >= 4 is 16.1 Å². The van der Waals surface area contributed by atoms with Crippen LogP contribution in [-0.2, 0) is 9.78 Å². The summed E-state index contributed by atoms with van der Waals surface area (Å²) >= 11 is 0. The van der Waals surface area contributed by atoms with Gasteiger partial charge in [0, 0.05) is 0 Å². The molecule has 0 aliphatic heterocycles. The molecule has 0 fully saturated rings. The van der Waals surface area contributed by atoms with Gasteiger partial charge in [0.15, 0.2) is 6.10 Å². The van der Waals surface area contributed by atoms with Crippen LogP contribution >= 0.6 is 0 Å². The lowest BCUT2D eigenvalue weighted by atomic mass is 10.2. The molecule has 1 unspecified atom stereocenters. The zero-order chi connectivity index (χ0) is 18.9. The van der Waals surface area contributed by atoms with E-state index in [1.807, 2.05) is 20.8 Å². The van der Waals surface area contributed by atoms with Gasteiger partial charge in [-0.3, -0.25) is 0 Å². The highest BCUT2D eigenvalue weighted by Gasteiger charge is 2.32. The van der Waals surface area contributed by atoms with E-state index in [9.17, 15) is 0 Å². The average Bonchev–Trinajstić information content (AvgIpc) is 2.58. The van der Waals surface area contributed by atoms with Crippen LogP contribution in [0.4, 0.5) is 0 Å². The normalized spacial score (nSPS) is 14.2. The Morgan fingerprint density at radius 2 is 1.25 bits per heavy atom. The van der Waals surface area contributed by atoms with E-state index in [0.29, 0.717) is 0 Å². The summed E-state index contributed by atoms with van der Waals surface area (Å²) in [6.45, 7) is 20.0. The van der Waals surface area contributed by atoms with Crippen molar-refractivity contribution < 1.29 is 9.78 Å². The first-order valence-electron chi connectivity index (χ1n) is 10.0. The summed E-state index contributed by atoms with van der Waals surface area (Å²) in [5.74, 6) is 3.54. The first kappa shape index (κ1) is 23.9. The fourth-order valence-corrected chi connectivity index (χ4v) is 8.96. The number of hydrogen-bond acceptors (Lipinski definition) is 2. The molecule has 0 saturated carbocycles. The van der Waals surface area contributed by atoms with Crippen LogP contribution in [0.3, 0.4) is 0 Å². The van der Waals surface area contributed by atoms with Crippen LogP contribution in [0.1, 0.15) is 62.3 Å². The Morgan fingerprint density at radius 3 is 1.58 bits per heavy atom. The van der Waals surface area contributed by atoms with Crippen molar-refractivity contribution in [2.24, 2.45) is 0 Å². The minimum Gasteiger partial charge on any atom is -0.230 e. The van der Waals surface area contributed by atoms with Crippen LogP contribution in [0.5, 0.6) is 0 Å². The van der Waals surface area contributed by atoms with E-state index in [4.69, 9.17) is 9.78 Å². The SMILES string of the molecule is CC[Si](C#CC(C[Si](CC)(CC)CC)OOC(C)(C)C)(CC)CC. The molecule has 24 heavy (non-hydrogen) atoms. The summed E-state index contributed by atoms with van der Waals surface area (Å²) in [4.78, 5) is 11.6. The lowest BCUT2D eigenvalue weighted by molar-refractivity contribution is -0.360. The minimum atomic E-state index is -1.44. The molecular weight excluding hydrogens is 328 g/mol. The van der Waals surface area contributed by atoms with Gasteiger partial charge >= 0.3 is 0 Å². The fraction of sp³-hybridized carbons (Fsp3) is 0.900. The van der Waals surface area contributed by atoms with Gasteiger partial charge in [-0.25, -0.2) is 9.78 Å². The fourth-order valence-electron chi connectivity index (χ4n) is 3.14. The van der Waals surface area contributed by atoms with Gasteiger partial charge in [0.2, 0.25) is 0 Å². The zero-order valence-corrected chi connectivity index (χ0v) is 19.8. The smallest absolute Gasteiger partial charge is 0.150 e. The molecule has 0 radical (unpaired) electrons. The Balaban J connectivity index is 5.42. The third-order valence-corrected chi connectivity index (χ3v) is 16.3. The van der Waals surface area contributed by atoms with Gasteiger partial charge in [-0.2, -0.15) is 0 Å². The minimum absolute atomic E-state index is 0.0627. The van der Waals surface area contributed by atoms with Crippen LogP contribution in [0.25, 0.3) is 0 Å². The second kappa shape index (κ2) is 10.8. The van der Waals surface area contributed by atoms with E-state index in [1.54, 1.807) is 0 Å². The van der Waals surface area contributed by atoms with Crippen molar-refractivity contribution in [1.29, 1.82) is 0 Å². The molecule has 0 bridgehead atoms. The molecule has 4 heteroatoms. The quantitative estimate of drug-likeness (QED) is 0.185. The standard InChI is InChI=1S/C20H42O2Si2/c1-10-23(11-2,12-3)17-16-19(21-22-20(7,8)9)18-24(13-4,14-5)15-6/h19H,10-15,18H2,1-9H3. The lowest BCUT2D eigenvalue weighted by Crippen LogP contribution is -2.37. The molecule has 0 aliphatic carbocycles. The maximum Gasteiger partial charge on any atom is 0.150 e. The second-order valence-corrected chi connectivity index (χ2v) is 18.6. The topological polar surface area (TPSA) is 18.5 Å². The maximum absolute atomic E-state index is 5.88. The van der Waals surface area contributed by atoms with E-state index >= 15 is 0 Å². The van der Waals surface area contributed by atoms with Crippen LogP contribution < -0.4 is 0 Å². The predicted molar refractivity (Wildman–Crippen MR) is 113 cm³/mol. The van der Waals surface area contributed by atoms with E-state index in [1.165, 1.54) is 36.3 Å². The van der Waals surface area contributed by atoms with Crippen molar-refractivity contribution in [3.63, 3.8) is 0 Å². The number of rotatable bonds is 10. The second-order valence-electron chi connectivity index (χ2n) is 8.16. The summed E-state index contributed by atoms with van der Waals surface area (Å²) < 4.78 is 0. The summed E-state index contributed by atoms with van der Waals surface area (Å²) in [5, 5.41) is 0. The monoisotopic (exact) mass is 370 g/mol.